The van der Waals surface area contributed by atoms with E-state index in [0.717, 1.165) is 24.5 Å². The smallest absolute Gasteiger partial charge is 0.329 e. The van der Waals surface area contributed by atoms with Crippen LogP contribution in [-0.2, 0) is 14.3 Å². The summed E-state index contributed by atoms with van der Waals surface area (Å²) in [6.07, 6.45) is 4.21. The van der Waals surface area contributed by atoms with E-state index in [2.05, 4.69) is 10.6 Å². The van der Waals surface area contributed by atoms with Crippen molar-refractivity contribution in [1.29, 1.82) is 0 Å². The average Bonchev–Trinajstić information content (AvgIpc) is 3.69. The Morgan fingerprint density at radius 1 is 1.12 bits per heavy atom. The number of nitrogens with one attached hydrogen (secondary N) is 2. The van der Waals surface area contributed by atoms with Crippen molar-refractivity contribution in [2.45, 2.75) is 31.3 Å². The van der Waals surface area contributed by atoms with Crippen molar-refractivity contribution in [3.8, 4) is 0 Å². The number of rotatable bonds is 12. The van der Waals surface area contributed by atoms with Crippen LogP contribution in [0.3, 0.4) is 0 Å². The Balaban J connectivity index is 1.58. The van der Waals surface area contributed by atoms with Crippen LogP contribution in [0.5, 0.6) is 0 Å². The lowest BCUT2D eigenvalue weighted by Crippen LogP contribution is -2.43. The molecule has 2 N–H and O–H groups in total. The van der Waals surface area contributed by atoms with Crippen LogP contribution < -0.4 is 10.6 Å². The number of nitrogens with zero attached hydrogens (tertiary/aromatic N) is 1. The number of carbonyl (C=O) groups is 3. The number of ether oxygens (including phenoxy) is 1. The molecular weight excluding hydrogens is 458 g/mol. The molecule has 1 fully saturated rings. The second-order valence-corrected chi connectivity index (χ2v) is 9.00. The molecule has 3 rings (SSSR count). The molecule has 0 spiro atoms. The minimum atomic E-state index is -0.986. The van der Waals surface area contributed by atoms with Crippen LogP contribution in [0.15, 0.2) is 54.6 Å². The Bertz CT molecular complexity index is 1030. The van der Waals surface area contributed by atoms with Gasteiger partial charge in [-0.3, -0.25) is 19.7 Å². The first kappa shape index (κ1) is 25.2. The molecule has 2 unspecified atom stereocenters. The number of nitro benzene ring substituents is 1. The van der Waals surface area contributed by atoms with Gasteiger partial charge in [0.05, 0.1) is 11.0 Å². The maximum absolute atomic E-state index is 12.7. The molecular formula is C24H27N3O6S. The first-order valence-electron chi connectivity index (χ1n) is 10.9. The maximum atomic E-state index is 12.7. The van der Waals surface area contributed by atoms with Gasteiger partial charge >= 0.3 is 5.97 Å². The molecule has 10 heteroatoms. The Labute approximate surface area is 201 Å². The molecule has 2 atom stereocenters. The molecule has 2 amide bonds. The number of benzene rings is 2. The number of hydrogen-bond acceptors (Lipinski definition) is 7. The molecule has 2 aromatic rings. The number of esters is 1. The van der Waals surface area contributed by atoms with Gasteiger partial charge in [0.2, 0.25) is 0 Å². The first-order valence-corrected chi connectivity index (χ1v) is 12.3. The summed E-state index contributed by atoms with van der Waals surface area (Å²) < 4.78 is 5.22. The van der Waals surface area contributed by atoms with Gasteiger partial charge in [0, 0.05) is 17.7 Å². The lowest BCUT2D eigenvalue weighted by Gasteiger charge is -2.20. The van der Waals surface area contributed by atoms with Crippen LogP contribution in [0.1, 0.15) is 41.2 Å². The summed E-state index contributed by atoms with van der Waals surface area (Å²) >= 11 is 1.49. The summed E-state index contributed by atoms with van der Waals surface area (Å²) in [7, 11) is 0. The second-order valence-electron chi connectivity index (χ2n) is 8.02. The van der Waals surface area contributed by atoms with Crippen LogP contribution in [0, 0.1) is 16.0 Å². The van der Waals surface area contributed by atoms with Gasteiger partial charge in [-0.25, -0.2) is 4.79 Å². The van der Waals surface area contributed by atoms with Crippen molar-refractivity contribution in [1.82, 2.24) is 10.6 Å². The predicted octanol–water partition coefficient (Wildman–Crippen LogP) is 3.26. The van der Waals surface area contributed by atoms with Crippen LogP contribution in [0.4, 0.5) is 5.69 Å². The number of carbonyl (C=O) groups excluding carboxylic acids is 3. The average molecular weight is 486 g/mol. The highest BCUT2D eigenvalue weighted by atomic mass is 32.2. The lowest BCUT2D eigenvalue weighted by atomic mass is 10.0. The van der Waals surface area contributed by atoms with E-state index in [9.17, 15) is 24.5 Å². The van der Waals surface area contributed by atoms with Gasteiger partial charge in [-0.05, 0) is 48.8 Å². The van der Waals surface area contributed by atoms with E-state index < -0.39 is 35.4 Å². The van der Waals surface area contributed by atoms with E-state index in [1.807, 2.05) is 36.6 Å². The minimum Gasteiger partial charge on any atom is -0.454 e. The van der Waals surface area contributed by atoms with Crippen molar-refractivity contribution in [3.05, 3.63) is 75.8 Å². The number of amides is 2. The fraction of sp³-hybridized carbons (Fsp3) is 0.375. The predicted molar refractivity (Wildman–Crippen MR) is 128 cm³/mol. The number of non-ortho nitro benzene ring substituents is 1. The Hall–Kier alpha value is -3.40. The molecule has 1 aliphatic rings. The molecule has 9 nitrogen and oxygen atoms in total. The van der Waals surface area contributed by atoms with Crippen LogP contribution >= 0.6 is 11.8 Å². The molecule has 0 aliphatic heterocycles. The van der Waals surface area contributed by atoms with Crippen molar-refractivity contribution in [2.75, 3.05) is 18.6 Å². The van der Waals surface area contributed by atoms with Gasteiger partial charge in [-0.2, -0.15) is 11.8 Å². The van der Waals surface area contributed by atoms with Crippen LogP contribution in [0.2, 0.25) is 0 Å². The monoisotopic (exact) mass is 485 g/mol. The van der Waals surface area contributed by atoms with Gasteiger partial charge in [0.1, 0.15) is 6.04 Å². The Morgan fingerprint density at radius 3 is 2.50 bits per heavy atom. The highest BCUT2D eigenvalue weighted by Gasteiger charge is 2.33. The Morgan fingerprint density at radius 2 is 1.85 bits per heavy atom. The third kappa shape index (κ3) is 7.31. The zero-order valence-corrected chi connectivity index (χ0v) is 19.6. The summed E-state index contributed by atoms with van der Waals surface area (Å²) in [5, 5.41) is 16.5. The van der Waals surface area contributed by atoms with Gasteiger partial charge in [0.15, 0.2) is 6.61 Å². The van der Waals surface area contributed by atoms with Crippen LogP contribution in [0.25, 0.3) is 0 Å². The van der Waals surface area contributed by atoms with Crippen LogP contribution in [-0.4, -0.2) is 47.4 Å². The molecule has 180 valence electrons. The van der Waals surface area contributed by atoms with E-state index >= 15 is 0 Å². The van der Waals surface area contributed by atoms with Gasteiger partial charge in [-0.15, -0.1) is 0 Å². The lowest BCUT2D eigenvalue weighted by molar-refractivity contribution is -0.384. The maximum Gasteiger partial charge on any atom is 0.329 e. The zero-order valence-electron chi connectivity index (χ0n) is 18.8. The normalized spacial score (nSPS) is 14.5. The topological polar surface area (TPSA) is 128 Å². The summed E-state index contributed by atoms with van der Waals surface area (Å²) in [5.74, 6) is -0.841. The van der Waals surface area contributed by atoms with Gasteiger partial charge in [0.25, 0.3) is 17.5 Å². The largest absolute Gasteiger partial charge is 0.454 e. The quantitative estimate of drug-likeness (QED) is 0.268. The number of thioether (sulfide) groups is 1. The number of hydrogen-bond donors (Lipinski definition) is 2. The highest BCUT2D eigenvalue weighted by Crippen LogP contribution is 2.40. The van der Waals surface area contributed by atoms with Crippen molar-refractivity contribution in [2.24, 2.45) is 5.92 Å². The molecule has 0 saturated heterocycles. The van der Waals surface area contributed by atoms with E-state index in [0.29, 0.717) is 11.7 Å². The summed E-state index contributed by atoms with van der Waals surface area (Å²) in [4.78, 5) is 48.1. The van der Waals surface area contributed by atoms with E-state index in [1.54, 1.807) is 0 Å². The van der Waals surface area contributed by atoms with Gasteiger partial charge in [-0.1, -0.05) is 36.4 Å². The third-order valence-corrected chi connectivity index (χ3v) is 6.08. The minimum absolute atomic E-state index is 0.0593. The van der Waals surface area contributed by atoms with E-state index in [4.69, 9.17) is 4.74 Å². The molecule has 0 radical (unpaired) electrons. The van der Waals surface area contributed by atoms with Gasteiger partial charge < -0.3 is 15.4 Å². The number of nitro groups is 1. The van der Waals surface area contributed by atoms with E-state index in [-0.39, 0.29) is 23.7 Å². The van der Waals surface area contributed by atoms with Crippen molar-refractivity contribution in [3.63, 3.8) is 0 Å². The molecule has 0 aromatic heterocycles. The molecule has 34 heavy (non-hydrogen) atoms. The fourth-order valence-corrected chi connectivity index (χ4v) is 3.97. The molecule has 1 aliphatic carbocycles. The Kier molecular flexibility index (Phi) is 9.03. The highest BCUT2D eigenvalue weighted by molar-refractivity contribution is 7.98. The molecule has 2 aromatic carbocycles. The van der Waals surface area contributed by atoms with Crippen molar-refractivity contribution < 1.29 is 24.0 Å². The summed E-state index contributed by atoms with van der Waals surface area (Å²) in [5.41, 5.74) is 0.840. The molecule has 0 heterocycles. The summed E-state index contributed by atoms with van der Waals surface area (Å²) in [6.45, 7) is -0.461. The third-order valence-electron chi connectivity index (χ3n) is 5.43. The molecule has 1 saturated carbocycles. The fourth-order valence-electron chi connectivity index (χ4n) is 3.50. The standard InChI is InChI=1S/C24H27N3O6S/c1-34-13-12-20(25-23(29)18-8-5-9-19(14-18)27(31)32)24(30)33-15-21(28)26-22(17-10-11-17)16-6-3-2-4-7-16/h2-9,14,17,20,22H,10-13,15H2,1H3,(H,25,29)(H,26,28). The zero-order chi connectivity index (χ0) is 24.5. The summed E-state index contributed by atoms with van der Waals surface area (Å²) in [6, 6.07) is 13.8. The van der Waals surface area contributed by atoms with Crippen molar-refractivity contribution >= 4 is 35.2 Å². The SMILES string of the molecule is CSCCC(NC(=O)c1cccc([N+](=O)[O-])c1)C(=O)OCC(=O)NC(c1ccccc1)C1CC1. The van der Waals surface area contributed by atoms with E-state index in [1.165, 1.54) is 30.0 Å². The first-order chi connectivity index (χ1) is 16.4. The second kappa shape index (κ2) is 12.2. The molecule has 0 bridgehead atoms.